The number of carbonyl (C=O) groups is 6. The second-order valence-electron chi connectivity index (χ2n) is 14.5. The maximum absolute atomic E-state index is 13.9. The SMILES string of the molecule is CC(C)(C)OC(=O)NC(Cc1ccccc1)C(=O)N[C@H]1COC(=O)CCCC(CNC(=O)OCC(Cl)(Cl)Cl)OC(=O)[C@H](O)[C@H](CC2CCCCC2)NC1=O. The first-order valence-corrected chi connectivity index (χ1v) is 19.2. The molecule has 1 aliphatic heterocycles. The zero-order valence-electron chi connectivity index (χ0n) is 30.7. The number of hydrogen-bond donors (Lipinski definition) is 5. The second-order valence-corrected chi connectivity index (χ2v) is 17.0. The number of cyclic esters (lactones) is 2. The van der Waals surface area contributed by atoms with Crippen LogP contribution < -0.4 is 21.3 Å². The van der Waals surface area contributed by atoms with E-state index in [9.17, 15) is 33.9 Å². The molecule has 302 valence electrons. The van der Waals surface area contributed by atoms with Gasteiger partial charge in [0.15, 0.2) is 6.10 Å². The van der Waals surface area contributed by atoms with Gasteiger partial charge in [-0.2, -0.15) is 0 Å². The van der Waals surface area contributed by atoms with E-state index in [4.69, 9.17) is 53.8 Å². The summed E-state index contributed by atoms with van der Waals surface area (Å²) in [7, 11) is 0. The van der Waals surface area contributed by atoms with Gasteiger partial charge in [0.25, 0.3) is 0 Å². The lowest BCUT2D eigenvalue weighted by Crippen LogP contribution is -2.59. The Morgan fingerprint density at radius 2 is 1.67 bits per heavy atom. The van der Waals surface area contributed by atoms with E-state index >= 15 is 0 Å². The summed E-state index contributed by atoms with van der Waals surface area (Å²) < 4.78 is 19.4. The molecule has 54 heavy (non-hydrogen) atoms. The smallest absolute Gasteiger partial charge is 0.408 e. The lowest BCUT2D eigenvalue weighted by atomic mass is 9.83. The number of halogens is 3. The second kappa shape index (κ2) is 21.5. The van der Waals surface area contributed by atoms with Gasteiger partial charge in [0, 0.05) is 12.8 Å². The predicted octanol–water partition coefficient (Wildman–Crippen LogP) is 4.16. The van der Waals surface area contributed by atoms with E-state index in [1.165, 1.54) is 0 Å². The number of amides is 4. The Morgan fingerprint density at radius 3 is 2.31 bits per heavy atom. The fraction of sp³-hybridized carbons (Fsp3) is 0.667. The van der Waals surface area contributed by atoms with Crippen LogP contribution in [0.3, 0.4) is 0 Å². The minimum Gasteiger partial charge on any atom is -0.463 e. The van der Waals surface area contributed by atoms with Gasteiger partial charge in [-0.1, -0.05) is 97.2 Å². The summed E-state index contributed by atoms with van der Waals surface area (Å²) in [5, 5.41) is 21.6. The molecule has 1 saturated heterocycles. The molecule has 5 N–H and O–H groups in total. The molecule has 1 aliphatic carbocycles. The number of nitrogens with one attached hydrogen (secondary N) is 4. The molecule has 0 radical (unpaired) electrons. The summed E-state index contributed by atoms with van der Waals surface area (Å²) in [6.07, 6.45) is 0.126. The van der Waals surface area contributed by atoms with Crippen LogP contribution in [0.2, 0.25) is 0 Å². The zero-order chi connectivity index (χ0) is 39.9. The van der Waals surface area contributed by atoms with Crippen LogP contribution in [0.1, 0.15) is 84.1 Å². The molecule has 2 unspecified atom stereocenters. The Hall–Kier alpha value is -3.53. The third-order valence-electron chi connectivity index (χ3n) is 8.63. The van der Waals surface area contributed by atoms with Crippen LogP contribution >= 0.6 is 34.8 Å². The Kier molecular flexibility index (Phi) is 17.9. The van der Waals surface area contributed by atoms with Gasteiger partial charge in [-0.25, -0.2) is 14.4 Å². The van der Waals surface area contributed by atoms with E-state index in [-0.39, 0.29) is 44.6 Å². The number of esters is 2. The van der Waals surface area contributed by atoms with E-state index in [0.29, 0.717) is 5.56 Å². The molecule has 18 heteroatoms. The minimum atomic E-state index is -1.85. The summed E-state index contributed by atoms with van der Waals surface area (Å²) in [6.45, 7) is 3.62. The van der Waals surface area contributed by atoms with Crippen molar-refractivity contribution in [1.82, 2.24) is 21.3 Å². The topological polar surface area (TPSA) is 208 Å². The maximum atomic E-state index is 13.9. The number of benzene rings is 1. The monoisotopic (exact) mass is 820 g/mol. The van der Waals surface area contributed by atoms with Gasteiger partial charge < -0.3 is 45.3 Å². The van der Waals surface area contributed by atoms with Gasteiger partial charge in [-0.3, -0.25) is 14.4 Å². The first-order chi connectivity index (χ1) is 25.4. The zero-order valence-corrected chi connectivity index (χ0v) is 33.0. The standard InChI is InChI=1S/C36H51Cl3N4O11/c1-35(2,3)54-34(50)43-26(18-23-13-8-5-9-14-23)30(46)42-27-20-51-28(44)16-10-15-24(19-40-33(49)52-21-36(37,38)39)53-32(48)29(45)25(41-31(27)47)17-22-11-6-4-7-12-22/h5,8-9,13-14,22,24-27,29,45H,4,6-7,10-12,15-21H2,1-3H3,(H,40,49)(H,41,47)(H,42,46)(H,43,50)/t24?,25-,26?,27-,29+/m0/s1. The Bertz CT molecular complexity index is 1420. The van der Waals surface area contributed by atoms with E-state index < -0.39 is 88.9 Å². The van der Waals surface area contributed by atoms with Crippen molar-refractivity contribution in [2.45, 2.75) is 125 Å². The molecule has 1 aromatic carbocycles. The number of alkyl halides is 3. The molecular formula is C36H51Cl3N4O11. The lowest BCUT2D eigenvalue weighted by molar-refractivity contribution is -0.162. The number of rotatable bonds is 10. The number of alkyl carbamates (subject to hydrolysis) is 2. The summed E-state index contributed by atoms with van der Waals surface area (Å²) in [5.74, 6) is -3.33. The molecular weight excluding hydrogens is 771 g/mol. The minimum absolute atomic E-state index is 0.0373. The van der Waals surface area contributed by atoms with Gasteiger partial charge in [0.1, 0.15) is 37.0 Å². The number of aliphatic hydroxyl groups is 1. The van der Waals surface area contributed by atoms with Gasteiger partial charge in [-0.15, -0.1) is 0 Å². The van der Waals surface area contributed by atoms with Crippen LogP contribution in [-0.2, 0) is 44.5 Å². The van der Waals surface area contributed by atoms with Crippen LogP contribution in [-0.4, -0.2) is 101 Å². The molecule has 3 rings (SSSR count). The van der Waals surface area contributed by atoms with Gasteiger partial charge >= 0.3 is 24.1 Å². The normalized spacial score (nSPS) is 23.0. The van der Waals surface area contributed by atoms with Crippen LogP contribution in [0.15, 0.2) is 30.3 Å². The van der Waals surface area contributed by atoms with Gasteiger partial charge in [-0.05, 0) is 51.5 Å². The molecule has 2 aliphatic rings. The fourth-order valence-electron chi connectivity index (χ4n) is 6.02. The Labute approximate surface area is 330 Å². The highest BCUT2D eigenvalue weighted by molar-refractivity contribution is 6.67. The third kappa shape index (κ3) is 17.3. The van der Waals surface area contributed by atoms with Crippen molar-refractivity contribution in [3.63, 3.8) is 0 Å². The van der Waals surface area contributed by atoms with Crippen molar-refractivity contribution < 1.29 is 52.8 Å². The summed E-state index contributed by atoms with van der Waals surface area (Å²) in [6, 6.07) is 5.03. The Morgan fingerprint density at radius 1 is 0.981 bits per heavy atom. The molecule has 4 amide bonds. The quantitative estimate of drug-likeness (QED) is 0.129. The van der Waals surface area contributed by atoms with Crippen LogP contribution in [0.25, 0.3) is 0 Å². The molecule has 15 nitrogen and oxygen atoms in total. The fourth-order valence-corrected chi connectivity index (χ4v) is 6.18. The van der Waals surface area contributed by atoms with Crippen LogP contribution in [0.5, 0.6) is 0 Å². The highest BCUT2D eigenvalue weighted by Gasteiger charge is 2.37. The molecule has 5 atom stereocenters. The van der Waals surface area contributed by atoms with E-state index in [2.05, 4.69) is 21.3 Å². The van der Waals surface area contributed by atoms with Crippen LogP contribution in [0, 0.1) is 5.92 Å². The Balaban J connectivity index is 1.83. The van der Waals surface area contributed by atoms with E-state index in [0.717, 1.165) is 32.1 Å². The van der Waals surface area contributed by atoms with Crippen molar-refractivity contribution in [3.05, 3.63) is 35.9 Å². The summed E-state index contributed by atoms with van der Waals surface area (Å²) >= 11 is 16.9. The molecule has 0 spiro atoms. The van der Waals surface area contributed by atoms with Crippen molar-refractivity contribution in [3.8, 4) is 0 Å². The van der Waals surface area contributed by atoms with Crippen molar-refractivity contribution >= 4 is 70.7 Å². The number of ether oxygens (including phenoxy) is 4. The molecule has 0 bridgehead atoms. The highest BCUT2D eigenvalue weighted by atomic mass is 35.6. The van der Waals surface area contributed by atoms with E-state index in [1.807, 2.05) is 0 Å². The maximum Gasteiger partial charge on any atom is 0.408 e. The predicted molar refractivity (Wildman–Crippen MR) is 199 cm³/mol. The first-order valence-electron chi connectivity index (χ1n) is 18.0. The molecule has 0 aromatic heterocycles. The van der Waals surface area contributed by atoms with Crippen molar-refractivity contribution in [1.29, 1.82) is 0 Å². The average molecular weight is 822 g/mol. The van der Waals surface area contributed by atoms with E-state index in [1.54, 1.807) is 51.1 Å². The van der Waals surface area contributed by atoms with Crippen molar-refractivity contribution in [2.75, 3.05) is 19.8 Å². The number of hydrogen-bond acceptors (Lipinski definition) is 11. The first kappa shape index (κ1) is 44.9. The third-order valence-corrected chi connectivity index (χ3v) is 8.95. The van der Waals surface area contributed by atoms with Crippen LogP contribution in [0.4, 0.5) is 9.59 Å². The largest absolute Gasteiger partial charge is 0.463 e. The molecule has 2 fully saturated rings. The summed E-state index contributed by atoms with van der Waals surface area (Å²) in [5.41, 5.74) is -0.153. The van der Waals surface area contributed by atoms with Gasteiger partial charge in [0.05, 0.1) is 12.6 Å². The highest BCUT2D eigenvalue weighted by Crippen LogP contribution is 2.29. The number of aliphatic hydroxyl groups excluding tert-OH is 1. The van der Waals surface area contributed by atoms with Crippen molar-refractivity contribution in [2.24, 2.45) is 5.92 Å². The molecule has 1 aromatic rings. The summed E-state index contributed by atoms with van der Waals surface area (Å²) in [4.78, 5) is 78.9. The molecule has 1 saturated carbocycles. The lowest BCUT2D eigenvalue weighted by Gasteiger charge is -2.32. The molecule has 1 heterocycles. The average Bonchev–Trinajstić information content (AvgIpc) is 3.09. The number of carbonyl (C=O) groups excluding carboxylic acids is 6. The van der Waals surface area contributed by atoms with Gasteiger partial charge in [0.2, 0.25) is 15.6 Å².